The van der Waals surface area contributed by atoms with E-state index in [0.29, 0.717) is 11.1 Å². The van der Waals surface area contributed by atoms with Crippen molar-refractivity contribution >= 4 is 63.8 Å². The van der Waals surface area contributed by atoms with Crippen LogP contribution in [0.2, 0.25) is 10.0 Å². The third kappa shape index (κ3) is 8.64. The van der Waals surface area contributed by atoms with Gasteiger partial charge in [0.2, 0.25) is 17.6 Å². The highest BCUT2D eigenvalue weighted by Crippen LogP contribution is 2.29. The second-order valence-corrected chi connectivity index (χ2v) is 11.3. The molecular weight excluding hydrogens is 625 g/mol. The number of carboxylic acids is 1. The van der Waals surface area contributed by atoms with E-state index >= 15 is 0 Å². The number of halogens is 2. The fraction of sp³-hybridized carbons (Fsp3) is 0.258. The van der Waals surface area contributed by atoms with E-state index < -0.39 is 60.4 Å². The molecule has 3 amide bonds. The SMILES string of the molecule is CC(C)C(NC(=O)c1ccccc1)C(=O)N(CC(=O)NC(CC(=O)O)C(=O)c1nc2cc(Cl)cc(Cl)c2o1)Cc1cccnc1. The maximum Gasteiger partial charge on any atom is 0.305 e. The number of hydrogen-bond acceptors (Lipinski definition) is 8. The molecule has 2 aromatic carbocycles. The molecule has 0 bridgehead atoms. The van der Waals surface area contributed by atoms with Crippen molar-refractivity contribution in [2.45, 2.75) is 38.9 Å². The Labute approximate surface area is 267 Å². The first kappa shape index (κ1) is 33.1. The molecule has 0 radical (unpaired) electrons. The Balaban J connectivity index is 1.57. The number of carbonyl (C=O) groups is 5. The van der Waals surface area contributed by atoms with Gasteiger partial charge in [-0.05, 0) is 41.8 Å². The molecule has 2 unspecified atom stereocenters. The van der Waals surface area contributed by atoms with Gasteiger partial charge >= 0.3 is 5.97 Å². The van der Waals surface area contributed by atoms with Crippen LogP contribution in [0.1, 0.15) is 46.9 Å². The van der Waals surface area contributed by atoms with Gasteiger partial charge in [-0.1, -0.05) is 61.3 Å². The molecule has 0 aliphatic rings. The third-order valence-electron chi connectivity index (χ3n) is 6.65. The molecule has 2 aromatic heterocycles. The fourth-order valence-corrected chi connectivity index (χ4v) is 4.98. The summed E-state index contributed by atoms with van der Waals surface area (Å²) in [5.41, 5.74) is 1.18. The second-order valence-electron chi connectivity index (χ2n) is 10.5. The monoisotopic (exact) mass is 653 g/mol. The van der Waals surface area contributed by atoms with Crippen LogP contribution in [0.4, 0.5) is 0 Å². The molecule has 0 spiro atoms. The first-order valence-electron chi connectivity index (χ1n) is 13.8. The maximum absolute atomic E-state index is 13.9. The molecule has 0 aliphatic heterocycles. The molecule has 4 rings (SSSR count). The Morgan fingerprint density at radius 1 is 1.00 bits per heavy atom. The predicted molar refractivity (Wildman–Crippen MR) is 165 cm³/mol. The van der Waals surface area contributed by atoms with Gasteiger partial charge in [0.25, 0.3) is 11.8 Å². The summed E-state index contributed by atoms with van der Waals surface area (Å²) in [6.45, 7) is 2.86. The summed E-state index contributed by atoms with van der Waals surface area (Å²) >= 11 is 12.1. The van der Waals surface area contributed by atoms with Crippen LogP contribution >= 0.6 is 23.2 Å². The molecule has 0 aliphatic carbocycles. The molecule has 3 N–H and O–H groups in total. The first-order valence-corrected chi connectivity index (χ1v) is 14.5. The topological polar surface area (TPSA) is 172 Å². The van der Waals surface area contributed by atoms with Crippen LogP contribution < -0.4 is 10.6 Å². The number of Topliss-reactive ketones (excluding diaryl/α,β-unsaturated/α-hetero) is 1. The molecular formula is C31H29Cl2N5O7. The van der Waals surface area contributed by atoms with Crippen molar-refractivity contribution in [2.75, 3.05) is 6.54 Å². The number of carbonyl (C=O) groups excluding carboxylic acids is 4. The highest BCUT2D eigenvalue weighted by atomic mass is 35.5. The van der Waals surface area contributed by atoms with Crippen molar-refractivity contribution in [3.63, 3.8) is 0 Å². The van der Waals surface area contributed by atoms with Crippen molar-refractivity contribution in [3.8, 4) is 0 Å². The number of aromatic nitrogens is 2. The van der Waals surface area contributed by atoms with Gasteiger partial charge in [-0.25, -0.2) is 4.98 Å². The lowest BCUT2D eigenvalue weighted by atomic mass is 10.0. The molecule has 0 saturated heterocycles. The second kappa shape index (κ2) is 14.8. The van der Waals surface area contributed by atoms with Crippen molar-refractivity contribution in [2.24, 2.45) is 5.92 Å². The van der Waals surface area contributed by atoms with Gasteiger partial charge in [-0.15, -0.1) is 0 Å². The molecule has 14 heteroatoms. The number of benzene rings is 2. The Morgan fingerprint density at radius 3 is 2.38 bits per heavy atom. The predicted octanol–water partition coefficient (Wildman–Crippen LogP) is 4.16. The van der Waals surface area contributed by atoms with E-state index in [1.165, 1.54) is 23.2 Å². The summed E-state index contributed by atoms with van der Waals surface area (Å²) in [6.07, 6.45) is 2.28. The average molecular weight is 655 g/mol. The number of aliphatic carboxylic acids is 1. The number of hydrogen-bond donors (Lipinski definition) is 3. The summed E-state index contributed by atoms with van der Waals surface area (Å²) in [5.74, 6) is -5.02. The number of nitrogens with one attached hydrogen (secondary N) is 2. The first-order chi connectivity index (χ1) is 21.4. The largest absolute Gasteiger partial charge is 0.481 e. The summed E-state index contributed by atoms with van der Waals surface area (Å²) in [5, 5.41) is 15.0. The standard InChI is InChI=1S/C31H29Cl2N5O7/c1-17(2)26(37-29(43)19-8-4-3-5-9-19)31(44)38(15-18-7-6-10-34-14-18)16-24(39)35-22(13-25(40)41)27(42)30-36-23-12-20(32)11-21(33)28(23)45-30/h3-12,14,17,22,26H,13,15-16H2,1-2H3,(H,35,39)(H,37,43)(H,40,41). The van der Waals surface area contributed by atoms with Gasteiger partial charge in [0, 0.05) is 29.5 Å². The van der Waals surface area contributed by atoms with Crippen LogP contribution in [0.25, 0.3) is 11.1 Å². The zero-order chi connectivity index (χ0) is 32.7. The lowest BCUT2D eigenvalue weighted by molar-refractivity contribution is -0.140. The fourth-order valence-electron chi connectivity index (χ4n) is 4.46. The van der Waals surface area contributed by atoms with Crippen LogP contribution in [-0.2, 0) is 20.9 Å². The molecule has 234 valence electrons. The third-order valence-corrected chi connectivity index (χ3v) is 7.15. The molecule has 12 nitrogen and oxygen atoms in total. The van der Waals surface area contributed by atoms with E-state index in [9.17, 15) is 29.1 Å². The summed E-state index contributed by atoms with van der Waals surface area (Å²) in [6, 6.07) is 11.9. The highest BCUT2D eigenvalue weighted by molar-refractivity contribution is 6.38. The van der Waals surface area contributed by atoms with Crippen molar-refractivity contribution in [1.82, 2.24) is 25.5 Å². The zero-order valence-electron chi connectivity index (χ0n) is 24.2. The van der Waals surface area contributed by atoms with Gasteiger partial charge in [-0.3, -0.25) is 29.0 Å². The Bertz CT molecular complexity index is 1710. The molecule has 0 saturated carbocycles. The summed E-state index contributed by atoms with van der Waals surface area (Å²) in [4.78, 5) is 74.4. The number of pyridine rings is 1. The van der Waals surface area contributed by atoms with Crippen LogP contribution in [0.5, 0.6) is 0 Å². The number of fused-ring (bicyclic) bond motifs is 1. The number of oxazole rings is 1. The van der Waals surface area contributed by atoms with E-state index in [-0.39, 0.29) is 33.6 Å². The van der Waals surface area contributed by atoms with Gasteiger partial charge < -0.3 is 25.1 Å². The lowest BCUT2D eigenvalue weighted by Crippen LogP contribution is -2.54. The van der Waals surface area contributed by atoms with Crippen LogP contribution in [0.15, 0.2) is 71.4 Å². The molecule has 0 fully saturated rings. The van der Waals surface area contributed by atoms with E-state index in [2.05, 4.69) is 20.6 Å². The van der Waals surface area contributed by atoms with Gasteiger partial charge in [0.05, 0.1) is 18.0 Å². The smallest absolute Gasteiger partial charge is 0.305 e. The number of carboxylic acid groups (broad SMARTS) is 1. The van der Waals surface area contributed by atoms with Gasteiger partial charge in [0.1, 0.15) is 17.6 Å². The normalized spacial score (nSPS) is 12.4. The number of amides is 3. The Morgan fingerprint density at radius 2 is 1.73 bits per heavy atom. The highest BCUT2D eigenvalue weighted by Gasteiger charge is 2.33. The number of rotatable bonds is 13. The quantitative estimate of drug-likeness (QED) is 0.179. The number of ketones is 1. The summed E-state index contributed by atoms with van der Waals surface area (Å²) < 4.78 is 5.48. The van der Waals surface area contributed by atoms with E-state index in [1.807, 2.05) is 0 Å². The molecule has 2 atom stereocenters. The van der Waals surface area contributed by atoms with Crippen LogP contribution in [0, 0.1) is 5.92 Å². The van der Waals surface area contributed by atoms with Crippen molar-refractivity contribution in [3.05, 3.63) is 94.1 Å². The minimum Gasteiger partial charge on any atom is -0.481 e. The minimum absolute atomic E-state index is 0.0630. The molecule has 45 heavy (non-hydrogen) atoms. The molecule has 4 aromatic rings. The van der Waals surface area contributed by atoms with Crippen molar-refractivity contribution < 1.29 is 33.5 Å². The van der Waals surface area contributed by atoms with Gasteiger partial charge in [-0.2, -0.15) is 0 Å². The summed E-state index contributed by atoms with van der Waals surface area (Å²) in [7, 11) is 0. The lowest BCUT2D eigenvalue weighted by Gasteiger charge is -2.30. The van der Waals surface area contributed by atoms with Crippen molar-refractivity contribution in [1.29, 1.82) is 0 Å². The molecule has 2 heterocycles. The Kier molecular flexibility index (Phi) is 10.9. The zero-order valence-corrected chi connectivity index (χ0v) is 25.7. The maximum atomic E-state index is 13.9. The van der Waals surface area contributed by atoms with Crippen LogP contribution in [0.3, 0.4) is 0 Å². The minimum atomic E-state index is -1.59. The number of nitrogens with zero attached hydrogens (tertiary/aromatic N) is 3. The van der Waals surface area contributed by atoms with E-state index in [1.54, 1.807) is 62.5 Å². The average Bonchev–Trinajstić information content (AvgIpc) is 3.43. The van der Waals surface area contributed by atoms with E-state index in [4.69, 9.17) is 27.6 Å². The van der Waals surface area contributed by atoms with Crippen LogP contribution in [-0.4, -0.2) is 68.1 Å². The Hall–Kier alpha value is -4.81. The van der Waals surface area contributed by atoms with E-state index in [0.717, 1.165) is 0 Å². The van der Waals surface area contributed by atoms with Gasteiger partial charge in [0.15, 0.2) is 5.58 Å².